The van der Waals surface area contributed by atoms with E-state index in [1.807, 2.05) is 26.8 Å². The maximum Gasteiger partial charge on any atom is 0.243 e. The van der Waals surface area contributed by atoms with Gasteiger partial charge in [0.05, 0.1) is 15.8 Å². The van der Waals surface area contributed by atoms with Gasteiger partial charge < -0.3 is 10.2 Å². The van der Waals surface area contributed by atoms with Crippen LogP contribution in [0.3, 0.4) is 0 Å². The van der Waals surface area contributed by atoms with Crippen molar-refractivity contribution in [2.24, 2.45) is 0 Å². The number of carbonyl (C=O) groups excluding carboxylic acids is 2. The molecule has 0 aliphatic carbocycles. The lowest BCUT2D eigenvalue weighted by Crippen LogP contribution is -2.51. The second-order valence-corrected chi connectivity index (χ2v) is 10.3. The molecule has 0 saturated carbocycles. The molecule has 0 unspecified atom stereocenters. The van der Waals surface area contributed by atoms with Crippen molar-refractivity contribution in [1.82, 2.24) is 10.2 Å². The molecule has 0 radical (unpaired) electrons. The molecule has 0 saturated heterocycles. The fourth-order valence-corrected chi connectivity index (χ4v) is 4.85. The Labute approximate surface area is 212 Å². The number of rotatable bonds is 11. The molecular formula is C26H34Cl2N2O2S. The van der Waals surface area contributed by atoms with E-state index in [0.29, 0.717) is 28.8 Å². The molecule has 0 spiro atoms. The quantitative estimate of drug-likeness (QED) is 0.373. The zero-order valence-corrected chi connectivity index (χ0v) is 22.4. The van der Waals surface area contributed by atoms with Crippen LogP contribution in [-0.4, -0.2) is 34.6 Å². The highest BCUT2D eigenvalue weighted by Crippen LogP contribution is 2.25. The second kappa shape index (κ2) is 13.3. The number of amides is 2. The first kappa shape index (κ1) is 27.6. The molecule has 0 heterocycles. The Hall–Kier alpha value is -1.69. The predicted molar refractivity (Wildman–Crippen MR) is 141 cm³/mol. The molecule has 4 nitrogen and oxygen atoms in total. The van der Waals surface area contributed by atoms with Crippen molar-refractivity contribution in [2.75, 3.05) is 5.75 Å². The van der Waals surface area contributed by atoms with Gasteiger partial charge in [0.25, 0.3) is 0 Å². The molecule has 1 N–H and O–H groups in total. The van der Waals surface area contributed by atoms with Crippen molar-refractivity contribution in [3.05, 3.63) is 68.7 Å². The van der Waals surface area contributed by atoms with Gasteiger partial charge in [0, 0.05) is 18.3 Å². The number of benzene rings is 2. The van der Waals surface area contributed by atoms with Gasteiger partial charge in [0.15, 0.2) is 0 Å². The van der Waals surface area contributed by atoms with Crippen molar-refractivity contribution >= 4 is 46.8 Å². The highest BCUT2D eigenvalue weighted by molar-refractivity contribution is 7.99. The van der Waals surface area contributed by atoms with Crippen LogP contribution in [0, 0.1) is 13.8 Å². The molecule has 2 aromatic carbocycles. The summed E-state index contributed by atoms with van der Waals surface area (Å²) in [6.45, 7) is 10.4. The summed E-state index contributed by atoms with van der Waals surface area (Å²) < 4.78 is 0. The van der Waals surface area contributed by atoms with Gasteiger partial charge in [-0.3, -0.25) is 9.59 Å². The third-order valence-electron chi connectivity index (χ3n) is 5.50. The Kier molecular flexibility index (Phi) is 11.1. The van der Waals surface area contributed by atoms with E-state index in [1.54, 1.807) is 28.8 Å². The molecule has 2 atom stereocenters. The van der Waals surface area contributed by atoms with Crippen molar-refractivity contribution in [3.8, 4) is 0 Å². The molecule has 7 heteroatoms. The van der Waals surface area contributed by atoms with Crippen LogP contribution in [0.4, 0.5) is 0 Å². The fraction of sp³-hybridized carbons (Fsp3) is 0.462. The standard InChI is InChI=1S/C26H34Cl2N2O2S/c1-6-19(5)29-26(32)24(7-2)30(14-20-8-9-22(27)23(28)13-20)25(31)16-33-15-21-11-17(3)10-18(4)12-21/h8-13,19,24H,6-7,14-16H2,1-5H3,(H,29,32)/t19-,24-/m0/s1. The summed E-state index contributed by atoms with van der Waals surface area (Å²) in [5.41, 5.74) is 4.46. The molecule has 2 amide bonds. The van der Waals surface area contributed by atoms with E-state index in [-0.39, 0.29) is 17.9 Å². The normalized spacial score (nSPS) is 12.8. The number of thioether (sulfide) groups is 1. The van der Waals surface area contributed by atoms with Crippen LogP contribution in [-0.2, 0) is 21.9 Å². The third kappa shape index (κ3) is 8.55. The lowest BCUT2D eigenvalue weighted by molar-refractivity contribution is -0.139. The Bertz CT molecular complexity index is 947. The molecule has 0 aromatic heterocycles. The second-order valence-electron chi connectivity index (χ2n) is 8.50. The Balaban J connectivity index is 2.18. The van der Waals surface area contributed by atoms with Gasteiger partial charge >= 0.3 is 0 Å². The topological polar surface area (TPSA) is 49.4 Å². The lowest BCUT2D eigenvalue weighted by Gasteiger charge is -2.31. The summed E-state index contributed by atoms with van der Waals surface area (Å²) >= 11 is 13.8. The largest absolute Gasteiger partial charge is 0.352 e. The highest BCUT2D eigenvalue weighted by atomic mass is 35.5. The van der Waals surface area contributed by atoms with E-state index in [0.717, 1.165) is 17.7 Å². The van der Waals surface area contributed by atoms with E-state index in [2.05, 4.69) is 37.4 Å². The molecule has 0 aliphatic rings. The monoisotopic (exact) mass is 508 g/mol. The maximum atomic E-state index is 13.3. The van der Waals surface area contributed by atoms with Gasteiger partial charge in [0.2, 0.25) is 11.8 Å². The van der Waals surface area contributed by atoms with Crippen LogP contribution in [0.2, 0.25) is 10.0 Å². The minimum Gasteiger partial charge on any atom is -0.352 e. The average Bonchev–Trinajstić information content (AvgIpc) is 2.75. The Morgan fingerprint density at radius 2 is 1.64 bits per heavy atom. The van der Waals surface area contributed by atoms with Crippen molar-refractivity contribution in [2.45, 2.75) is 71.8 Å². The van der Waals surface area contributed by atoms with Gasteiger partial charge in [0.1, 0.15) is 6.04 Å². The van der Waals surface area contributed by atoms with Crippen molar-refractivity contribution in [3.63, 3.8) is 0 Å². The molecule has 0 aliphatic heterocycles. The molecule has 2 aromatic rings. The fourth-order valence-electron chi connectivity index (χ4n) is 3.69. The summed E-state index contributed by atoms with van der Waals surface area (Å²) in [4.78, 5) is 28.0. The number of nitrogens with zero attached hydrogens (tertiary/aromatic N) is 1. The van der Waals surface area contributed by atoms with E-state index in [4.69, 9.17) is 23.2 Å². The first-order chi connectivity index (χ1) is 15.6. The summed E-state index contributed by atoms with van der Waals surface area (Å²) in [7, 11) is 0. The van der Waals surface area contributed by atoms with E-state index >= 15 is 0 Å². The Morgan fingerprint density at radius 1 is 0.970 bits per heavy atom. The zero-order chi connectivity index (χ0) is 24.5. The van der Waals surface area contributed by atoms with Crippen LogP contribution < -0.4 is 5.32 Å². The zero-order valence-electron chi connectivity index (χ0n) is 20.1. The van der Waals surface area contributed by atoms with Crippen LogP contribution in [0.25, 0.3) is 0 Å². The van der Waals surface area contributed by atoms with E-state index in [9.17, 15) is 9.59 Å². The number of carbonyl (C=O) groups is 2. The number of hydrogen-bond donors (Lipinski definition) is 1. The van der Waals surface area contributed by atoms with Gasteiger partial charge in [-0.05, 0) is 56.9 Å². The maximum absolute atomic E-state index is 13.3. The van der Waals surface area contributed by atoms with Gasteiger partial charge in [-0.25, -0.2) is 0 Å². The van der Waals surface area contributed by atoms with Crippen LogP contribution >= 0.6 is 35.0 Å². The first-order valence-corrected chi connectivity index (χ1v) is 13.2. The molecule has 33 heavy (non-hydrogen) atoms. The molecular weight excluding hydrogens is 475 g/mol. The van der Waals surface area contributed by atoms with Crippen LogP contribution in [0.15, 0.2) is 36.4 Å². The van der Waals surface area contributed by atoms with Gasteiger partial charge in [-0.2, -0.15) is 0 Å². The highest BCUT2D eigenvalue weighted by Gasteiger charge is 2.29. The predicted octanol–water partition coefficient (Wildman–Crippen LogP) is 6.57. The van der Waals surface area contributed by atoms with E-state index < -0.39 is 6.04 Å². The average molecular weight is 510 g/mol. The van der Waals surface area contributed by atoms with Crippen LogP contribution in [0.5, 0.6) is 0 Å². The Morgan fingerprint density at radius 3 is 2.21 bits per heavy atom. The van der Waals surface area contributed by atoms with Crippen molar-refractivity contribution in [1.29, 1.82) is 0 Å². The number of aryl methyl sites for hydroxylation is 2. The number of hydrogen-bond acceptors (Lipinski definition) is 3. The summed E-state index contributed by atoms with van der Waals surface area (Å²) in [5, 5.41) is 3.92. The number of nitrogens with one attached hydrogen (secondary N) is 1. The SMILES string of the molecule is CC[C@H](C)NC(=O)[C@H](CC)N(Cc1ccc(Cl)c(Cl)c1)C(=O)CSCc1cc(C)cc(C)c1. The molecule has 2 rings (SSSR count). The number of halogens is 2. The minimum absolute atomic E-state index is 0.0485. The van der Waals surface area contributed by atoms with Crippen LogP contribution in [0.1, 0.15) is 55.9 Å². The summed E-state index contributed by atoms with van der Waals surface area (Å²) in [6.07, 6.45) is 1.35. The minimum atomic E-state index is -0.553. The third-order valence-corrected chi connectivity index (χ3v) is 7.23. The van der Waals surface area contributed by atoms with E-state index in [1.165, 1.54) is 16.7 Å². The molecule has 0 bridgehead atoms. The molecule has 0 fully saturated rings. The summed E-state index contributed by atoms with van der Waals surface area (Å²) in [5.74, 6) is 0.841. The summed E-state index contributed by atoms with van der Waals surface area (Å²) in [6, 6.07) is 11.2. The smallest absolute Gasteiger partial charge is 0.243 e. The lowest BCUT2D eigenvalue weighted by atomic mass is 10.1. The molecule has 180 valence electrons. The first-order valence-electron chi connectivity index (χ1n) is 11.3. The van der Waals surface area contributed by atoms with Gasteiger partial charge in [-0.1, -0.05) is 72.4 Å². The van der Waals surface area contributed by atoms with Crippen molar-refractivity contribution < 1.29 is 9.59 Å². The van der Waals surface area contributed by atoms with Gasteiger partial charge in [-0.15, -0.1) is 11.8 Å².